The fourth-order valence-corrected chi connectivity index (χ4v) is 3.04. The molecule has 2 rings (SSSR count). The number of ether oxygens (including phenoxy) is 2. The number of nitrogens with one attached hydrogen (secondary N) is 3. The van der Waals surface area contributed by atoms with Gasteiger partial charge in [-0.05, 0) is 50.5 Å². The Balaban J connectivity index is 0.00000512. The Morgan fingerprint density at radius 2 is 1.69 bits per heavy atom. The van der Waals surface area contributed by atoms with Crippen molar-refractivity contribution in [2.75, 3.05) is 33.4 Å². The number of aliphatic imine (C=N–C) groups is 1. The molecule has 0 saturated carbocycles. The molecular formula is C24H35IN4O3. The largest absolute Gasteiger partial charge is 0.490 e. The van der Waals surface area contributed by atoms with Crippen molar-refractivity contribution in [3.63, 3.8) is 0 Å². The van der Waals surface area contributed by atoms with Crippen molar-refractivity contribution in [3.05, 3.63) is 59.7 Å². The van der Waals surface area contributed by atoms with E-state index >= 15 is 0 Å². The summed E-state index contributed by atoms with van der Waals surface area (Å²) in [7, 11) is 1.68. The van der Waals surface area contributed by atoms with E-state index in [1.54, 1.807) is 7.05 Å². The summed E-state index contributed by atoms with van der Waals surface area (Å²) >= 11 is 0. The van der Waals surface area contributed by atoms with Gasteiger partial charge in [-0.1, -0.05) is 36.4 Å². The van der Waals surface area contributed by atoms with Crippen LogP contribution in [0.25, 0.3) is 0 Å². The Morgan fingerprint density at radius 3 is 2.34 bits per heavy atom. The molecule has 1 amide bonds. The quantitative estimate of drug-likeness (QED) is 0.224. The molecule has 3 N–H and O–H groups in total. The molecule has 7 nitrogen and oxygen atoms in total. The summed E-state index contributed by atoms with van der Waals surface area (Å²) in [5.41, 5.74) is 2.23. The van der Waals surface area contributed by atoms with Crippen LogP contribution in [0.15, 0.2) is 53.5 Å². The Morgan fingerprint density at radius 1 is 1.00 bits per heavy atom. The maximum atomic E-state index is 12.1. The topological polar surface area (TPSA) is 84.0 Å². The van der Waals surface area contributed by atoms with Gasteiger partial charge in [0.05, 0.1) is 25.8 Å². The predicted octanol–water partition coefficient (Wildman–Crippen LogP) is 3.69. The van der Waals surface area contributed by atoms with E-state index in [0.717, 1.165) is 23.5 Å². The van der Waals surface area contributed by atoms with Crippen molar-refractivity contribution in [1.82, 2.24) is 16.0 Å². The monoisotopic (exact) mass is 554 g/mol. The summed E-state index contributed by atoms with van der Waals surface area (Å²) < 4.78 is 11.3. The summed E-state index contributed by atoms with van der Waals surface area (Å²) in [5.74, 6) is 1.93. The van der Waals surface area contributed by atoms with Crippen molar-refractivity contribution in [3.8, 4) is 11.5 Å². The van der Waals surface area contributed by atoms with Gasteiger partial charge in [0.2, 0.25) is 5.91 Å². The number of carbonyl (C=O) groups is 1. The van der Waals surface area contributed by atoms with Crippen LogP contribution in [0, 0.1) is 0 Å². The Bertz CT molecular complexity index is 846. The zero-order chi connectivity index (χ0) is 22.5. The molecule has 0 saturated heterocycles. The zero-order valence-electron chi connectivity index (χ0n) is 19.3. The fraction of sp³-hybridized carbons (Fsp3) is 0.417. The minimum Gasteiger partial charge on any atom is -0.490 e. The highest BCUT2D eigenvalue weighted by molar-refractivity contribution is 14.0. The smallest absolute Gasteiger partial charge is 0.239 e. The highest BCUT2D eigenvalue weighted by Crippen LogP contribution is 2.30. The van der Waals surface area contributed by atoms with E-state index in [1.807, 2.05) is 57.2 Å². The number of carbonyl (C=O) groups excluding carboxylic acids is 1. The number of nitrogens with zero attached hydrogens (tertiary/aromatic N) is 1. The van der Waals surface area contributed by atoms with Gasteiger partial charge >= 0.3 is 0 Å². The predicted molar refractivity (Wildman–Crippen MR) is 140 cm³/mol. The molecule has 32 heavy (non-hydrogen) atoms. The summed E-state index contributed by atoms with van der Waals surface area (Å²) in [6.07, 6.45) is 0.802. The van der Waals surface area contributed by atoms with Crippen LogP contribution in [0.4, 0.5) is 0 Å². The van der Waals surface area contributed by atoms with Crippen molar-refractivity contribution < 1.29 is 14.3 Å². The van der Waals surface area contributed by atoms with E-state index in [1.165, 1.54) is 5.56 Å². The number of amides is 1. The standard InChI is InChI=1S/C24H34N4O3.HI/c1-5-30-21-13-12-20(16-22(21)31-6-2)18(3)28-24(25-4)27-17-23(29)26-15-14-19-10-8-7-9-11-19;/h7-13,16,18H,5-6,14-15,17H2,1-4H3,(H,26,29)(H2,25,27,28);1H. The van der Waals surface area contributed by atoms with E-state index in [2.05, 4.69) is 33.1 Å². The maximum absolute atomic E-state index is 12.1. The second-order valence-corrected chi connectivity index (χ2v) is 6.95. The zero-order valence-corrected chi connectivity index (χ0v) is 21.6. The highest BCUT2D eigenvalue weighted by Gasteiger charge is 2.13. The van der Waals surface area contributed by atoms with Crippen LogP contribution in [0.1, 0.15) is 37.9 Å². The minimum atomic E-state index is -0.0776. The molecule has 0 fully saturated rings. The third-order valence-electron chi connectivity index (χ3n) is 4.64. The average Bonchev–Trinajstić information content (AvgIpc) is 2.78. The fourth-order valence-electron chi connectivity index (χ4n) is 3.04. The van der Waals surface area contributed by atoms with Gasteiger partial charge < -0.3 is 25.4 Å². The van der Waals surface area contributed by atoms with E-state index in [9.17, 15) is 4.79 Å². The molecule has 176 valence electrons. The Labute approximate surface area is 208 Å². The molecule has 0 heterocycles. The second-order valence-electron chi connectivity index (χ2n) is 6.95. The number of hydrogen-bond acceptors (Lipinski definition) is 4. The number of rotatable bonds is 11. The molecule has 0 bridgehead atoms. The molecule has 0 radical (unpaired) electrons. The number of halogens is 1. The van der Waals surface area contributed by atoms with Crippen LogP contribution in [-0.4, -0.2) is 45.2 Å². The molecule has 8 heteroatoms. The molecule has 1 unspecified atom stereocenters. The van der Waals surface area contributed by atoms with E-state index in [-0.39, 0.29) is 42.5 Å². The molecule has 2 aromatic rings. The van der Waals surface area contributed by atoms with Crippen LogP contribution in [0.3, 0.4) is 0 Å². The van der Waals surface area contributed by atoms with Crippen LogP contribution < -0.4 is 25.4 Å². The van der Waals surface area contributed by atoms with Crippen molar-refractivity contribution >= 4 is 35.8 Å². The number of guanidine groups is 1. The first-order valence-electron chi connectivity index (χ1n) is 10.7. The molecule has 0 aromatic heterocycles. The molecule has 0 aliphatic rings. The molecule has 0 aliphatic heterocycles. The lowest BCUT2D eigenvalue weighted by Crippen LogP contribution is -2.44. The molecular weight excluding hydrogens is 519 g/mol. The molecule has 0 spiro atoms. The van der Waals surface area contributed by atoms with Crippen LogP contribution in [0.5, 0.6) is 11.5 Å². The van der Waals surface area contributed by atoms with E-state index in [0.29, 0.717) is 25.7 Å². The third-order valence-corrected chi connectivity index (χ3v) is 4.64. The van der Waals surface area contributed by atoms with Gasteiger partial charge in [0.15, 0.2) is 17.5 Å². The van der Waals surface area contributed by atoms with Gasteiger partial charge in [0, 0.05) is 13.6 Å². The first-order chi connectivity index (χ1) is 15.1. The SMILES string of the molecule is CCOc1ccc(C(C)NC(=NC)NCC(=O)NCCc2ccccc2)cc1OCC.I. The third kappa shape index (κ3) is 9.33. The van der Waals surface area contributed by atoms with Gasteiger partial charge in [-0.25, -0.2) is 0 Å². The lowest BCUT2D eigenvalue weighted by molar-refractivity contribution is -0.119. The van der Waals surface area contributed by atoms with Crippen LogP contribution >= 0.6 is 24.0 Å². The lowest BCUT2D eigenvalue weighted by atomic mass is 10.1. The normalized spacial score (nSPS) is 11.7. The Hall–Kier alpha value is -2.49. The lowest BCUT2D eigenvalue weighted by Gasteiger charge is -2.20. The van der Waals surface area contributed by atoms with Crippen LogP contribution in [0.2, 0.25) is 0 Å². The molecule has 2 aromatic carbocycles. The summed E-state index contributed by atoms with van der Waals surface area (Å²) in [4.78, 5) is 16.4. The summed E-state index contributed by atoms with van der Waals surface area (Å²) in [5, 5.41) is 9.29. The van der Waals surface area contributed by atoms with Gasteiger partial charge in [0.1, 0.15) is 0 Å². The number of benzene rings is 2. The molecule has 0 aliphatic carbocycles. The van der Waals surface area contributed by atoms with Gasteiger partial charge in [-0.15, -0.1) is 24.0 Å². The average molecular weight is 554 g/mol. The minimum absolute atomic E-state index is 0. The van der Waals surface area contributed by atoms with Crippen molar-refractivity contribution in [2.24, 2.45) is 4.99 Å². The molecule has 1 atom stereocenters. The van der Waals surface area contributed by atoms with Gasteiger partial charge in [-0.2, -0.15) is 0 Å². The highest BCUT2D eigenvalue weighted by atomic mass is 127. The van der Waals surface area contributed by atoms with E-state index < -0.39 is 0 Å². The van der Waals surface area contributed by atoms with Gasteiger partial charge in [-0.3, -0.25) is 9.79 Å². The van der Waals surface area contributed by atoms with Crippen molar-refractivity contribution in [2.45, 2.75) is 33.2 Å². The van der Waals surface area contributed by atoms with Crippen LogP contribution in [-0.2, 0) is 11.2 Å². The first kappa shape index (κ1) is 27.5. The Kier molecular flexibility index (Phi) is 13.2. The number of hydrogen-bond donors (Lipinski definition) is 3. The van der Waals surface area contributed by atoms with E-state index in [4.69, 9.17) is 9.47 Å². The maximum Gasteiger partial charge on any atom is 0.239 e. The first-order valence-corrected chi connectivity index (χ1v) is 10.7. The van der Waals surface area contributed by atoms with Crippen molar-refractivity contribution in [1.29, 1.82) is 0 Å². The van der Waals surface area contributed by atoms with Gasteiger partial charge in [0.25, 0.3) is 0 Å². The summed E-state index contributed by atoms with van der Waals surface area (Å²) in [6, 6.07) is 15.9. The second kappa shape index (κ2) is 15.3. The summed E-state index contributed by atoms with van der Waals surface area (Å²) in [6.45, 7) is 7.80.